The maximum Gasteiger partial charge on any atom is 0.277 e. The molecule has 2 aromatic heterocycles. The second-order valence-corrected chi connectivity index (χ2v) is 6.10. The zero-order chi connectivity index (χ0) is 16.1. The lowest BCUT2D eigenvalue weighted by atomic mass is 10.2. The molecule has 3 aromatic rings. The topological polar surface area (TPSA) is 90.1 Å². The minimum Gasteiger partial charge on any atom is -0.497 e. The Hall–Kier alpha value is -2.39. The summed E-state index contributed by atoms with van der Waals surface area (Å²) < 4.78 is 10.7. The summed E-state index contributed by atoms with van der Waals surface area (Å²) in [6.07, 6.45) is 1.63. The molecule has 0 saturated heterocycles. The molecule has 0 spiro atoms. The van der Waals surface area contributed by atoms with Crippen LogP contribution in [0.15, 0.2) is 45.5 Å². The maximum absolute atomic E-state index is 11.8. The highest BCUT2D eigenvalue weighted by Gasteiger charge is 2.12. The summed E-state index contributed by atoms with van der Waals surface area (Å²) >= 11 is 2.53. The summed E-state index contributed by atoms with van der Waals surface area (Å²) in [5.41, 5.74) is 0.760. The summed E-state index contributed by atoms with van der Waals surface area (Å²) in [5.74, 6) is 1.08. The normalized spacial score (nSPS) is 10.5. The predicted molar refractivity (Wildman–Crippen MR) is 87.8 cm³/mol. The number of thiazole rings is 1. The van der Waals surface area contributed by atoms with E-state index in [-0.39, 0.29) is 11.7 Å². The molecule has 0 saturated carbocycles. The number of carbonyl (C=O) groups is 1. The average Bonchev–Trinajstić information content (AvgIpc) is 3.24. The average molecular weight is 348 g/mol. The van der Waals surface area contributed by atoms with E-state index in [0.717, 1.165) is 5.56 Å². The number of methoxy groups -OCH3 is 1. The number of hydrogen-bond acceptors (Lipinski definition) is 8. The third-order valence-electron chi connectivity index (χ3n) is 2.73. The van der Waals surface area contributed by atoms with Crippen LogP contribution >= 0.6 is 23.1 Å². The van der Waals surface area contributed by atoms with Gasteiger partial charge in [0.05, 0.1) is 12.9 Å². The number of anilines is 1. The van der Waals surface area contributed by atoms with Gasteiger partial charge in [0.2, 0.25) is 11.8 Å². The van der Waals surface area contributed by atoms with E-state index in [1.54, 1.807) is 24.8 Å². The minimum absolute atomic E-state index is 0.166. The van der Waals surface area contributed by atoms with Crippen molar-refractivity contribution < 1.29 is 13.9 Å². The molecule has 0 aliphatic rings. The summed E-state index contributed by atoms with van der Waals surface area (Å²) in [7, 11) is 1.59. The van der Waals surface area contributed by atoms with E-state index in [4.69, 9.17) is 9.15 Å². The van der Waals surface area contributed by atoms with Crippen molar-refractivity contribution in [2.45, 2.75) is 5.22 Å². The Bertz CT molecular complexity index is 789. The lowest BCUT2D eigenvalue weighted by Gasteiger charge is -2.00. The van der Waals surface area contributed by atoms with Gasteiger partial charge in [-0.25, -0.2) is 4.98 Å². The Labute approximate surface area is 140 Å². The number of benzene rings is 1. The van der Waals surface area contributed by atoms with Gasteiger partial charge in [0, 0.05) is 17.1 Å². The largest absolute Gasteiger partial charge is 0.497 e. The molecule has 0 bridgehead atoms. The van der Waals surface area contributed by atoms with Crippen LogP contribution in [0.1, 0.15) is 0 Å². The number of ether oxygens (including phenoxy) is 1. The van der Waals surface area contributed by atoms with Crippen LogP contribution in [-0.4, -0.2) is 34.0 Å². The van der Waals surface area contributed by atoms with Gasteiger partial charge in [0.15, 0.2) is 5.13 Å². The number of rotatable bonds is 6. The number of hydrogen-bond donors (Lipinski definition) is 1. The lowest BCUT2D eigenvalue weighted by molar-refractivity contribution is -0.113. The van der Waals surface area contributed by atoms with E-state index in [2.05, 4.69) is 20.5 Å². The fraction of sp³-hybridized carbons (Fsp3) is 0.143. The SMILES string of the molecule is COc1cccc(-c2nnc(SCC(=O)Nc3nccs3)o2)c1. The van der Waals surface area contributed by atoms with E-state index < -0.39 is 0 Å². The summed E-state index contributed by atoms with van der Waals surface area (Å²) in [4.78, 5) is 15.8. The molecule has 2 heterocycles. The van der Waals surface area contributed by atoms with Crippen LogP contribution in [0, 0.1) is 0 Å². The zero-order valence-electron chi connectivity index (χ0n) is 12.1. The molecule has 23 heavy (non-hydrogen) atoms. The minimum atomic E-state index is -0.175. The standard InChI is InChI=1S/C14H12N4O3S2/c1-20-10-4-2-3-9(7-10)12-17-18-14(21-12)23-8-11(19)16-13-15-5-6-22-13/h2-7H,8H2,1H3,(H,15,16,19). The number of nitrogens with one attached hydrogen (secondary N) is 1. The van der Waals surface area contributed by atoms with E-state index in [1.807, 2.05) is 18.2 Å². The molecule has 3 rings (SSSR count). The summed E-state index contributed by atoms with van der Waals surface area (Å²) in [6.45, 7) is 0. The first-order chi connectivity index (χ1) is 11.2. The molecule has 0 unspecified atom stereocenters. The predicted octanol–water partition coefficient (Wildman–Crippen LogP) is 2.93. The van der Waals surface area contributed by atoms with Gasteiger partial charge < -0.3 is 14.5 Å². The van der Waals surface area contributed by atoms with Crippen LogP contribution in [0.3, 0.4) is 0 Å². The van der Waals surface area contributed by atoms with Crippen molar-refractivity contribution in [2.75, 3.05) is 18.2 Å². The molecule has 1 aromatic carbocycles. The number of aromatic nitrogens is 3. The molecule has 9 heteroatoms. The Morgan fingerprint density at radius 1 is 1.43 bits per heavy atom. The molecule has 0 fully saturated rings. The van der Waals surface area contributed by atoms with Crippen molar-refractivity contribution in [3.63, 3.8) is 0 Å². The van der Waals surface area contributed by atoms with Crippen molar-refractivity contribution in [3.8, 4) is 17.2 Å². The van der Waals surface area contributed by atoms with E-state index in [0.29, 0.717) is 22.0 Å². The van der Waals surface area contributed by atoms with Gasteiger partial charge in [-0.05, 0) is 18.2 Å². The third-order valence-corrected chi connectivity index (χ3v) is 4.24. The molecule has 118 valence electrons. The first kappa shape index (κ1) is 15.5. The summed E-state index contributed by atoms with van der Waals surface area (Å²) in [5, 5.41) is 13.3. The molecule has 0 atom stereocenters. The Balaban J connectivity index is 1.59. The number of thioether (sulfide) groups is 1. The molecule has 7 nitrogen and oxygen atoms in total. The quantitative estimate of drug-likeness (QED) is 0.685. The number of amides is 1. The maximum atomic E-state index is 11.8. The Morgan fingerprint density at radius 3 is 3.13 bits per heavy atom. The first-order valence-electron chi connectivity index (χ1n) is 6.54. The van der Waals surface area contributed by atoms with Crippen LogP contribution < -0.4 is 10.1 Å². The van der Waals surface area contributed by atoms with Crippen molar-refractivity contribution >= 4 is 34.1 Å². The highest BCUT2D eigenvalue weighted by molar-refractivity contribution is 7.99. The van der Waals surface area contributed by atoms with Gasteiger partial charge in [-0.1, -0.05) is 17.8 Å². The number of nitrogens with zero attached hydrogens (tertiary/aromatic N) is 3. The van der Waals surface area contributed by atoms with Gasteiger partial charge in [0.1, 0.15) is 5.75 Å². The smallest absolute Gasteiger partial charge is 0.277 e. The molecule has 0 aliphatic carbocycles. The molecular formula is C14H12N4O3S2. The second kappa shape index (κ2) is 7.25. The third kappa shape index (κ3) is 4.08. The molecule has 0 aliphatic heterocycles. The van der Waals surface area contributed by atoms with Crippen LogP contribution in [0.5, 0.6) is 5.75 Å². The van der Waals surface area contributed by atoms with Crippen LogP contribution in [0.2, 0.25) is 0 Å². The van der Waals surface area contributed by atoms with Gasteiger partial charge in [-0.15, -0.1) is 21.5 Å². The van der Waals surface area contributed by atoms with Crippen molar-refractivity contribution in [1.29, 1.82) is 0 Å². The van der Waals surface area contributed by atoms with E-state index in [9.17, 15) is 4.79 Å². The molecule has 1 N–H and O–H groups in total. The van der Waals surface area contributed by atoms with Gasteiger partial charge >= 0.3 is 0 Å². The zero-order valence-corrected chi connectivity index (χ0v) is 13.7. The Morgan fingerprint density at radius 2 is 2.35 bits per heavy atom. The highest BCUT2D eigenvalue weighted by Crippen LogP contribution is 2.25. The number of carbonyl (C=O) groups excluding carboxylic acids is 1. The molecule has 1 amide bonds. The fourth-order valence-corrected chi connectivity index (χ4v) is 2.82. The van der Waals surface area contributed by atoms with Gasteiger partial charge in [0.25, 0.3) is 5.22 Å². The lowest BCUT2D eigenvalue weighted by Crippen LogP contribution is -2.13. The molecular weight excluding hydrogens is 336 g/mol. The monoisotopic (exact) mass is 348 g/mol. The summed E-state index contributed by atoms with van der Waals surface area (Å²) in [6, 6.07) is 7.32. The van der Waals surface area contributed by atoms with Crippen molar-refractivity contribution in [1.82, 2.24) is 15.2 Å². The first-order valence-corrected chi connectivity index (χ1v) is 8.41. The van der Waals surface area contributed by atoms with Crippen molar-refractivity contribution in [3.05, 3.63) is 35.8 Å². The van der Waals surface area contributed by atoms with Crippen LogP contribution in [-0.2, 0) is 4.79 Å². The fourth-order valence-electron chi connectivity index (χ4n) is 1.71. The van der Waals surface area contributed by atoms with Gasteiger partial charge in [-0.2, -0.15) is 0 Å². The van der Waals surface area contributed by atoms with Crippen molar-refractivity contribution in [2.24, 2.45) is 0 Å². The highest BCUT2D eigenvalue weighted by atomic mass is 32.2. The van der Waals surface area contributed by atoms with E-state index >= 15 is 0 Å². The van der Waals surface area contributed by atoms with Crippen LogP contribution in [0.25, 0.3) is 11.5 Å². The second-order valence-electron chi connectivity index (χ2n) is 4.28. The van der Waals surface area contributed by atoms with Crippen LogP contribution in [0.4, 0.5) is 5.13 Å². The van der Waals surface area contributed by atoms with Gasteiger partial charge in [-0.3, -0.25) is 4.79 Å². The van der Waals surface area contributed by atoms with E-state index in [1.165, 1.54) is 23.1 Å². The Kier molecular flexibility index (Phi) is 4.89. The molecule has 0 radical (unpaired) electrons.